The summed E-state index contributed by atoms with van der Waals surface area (Å²) in [7, 11) is 0. The van der Waals surface area contributed by atoms with Crippen molar-refractivity contribution in [2.45, 2.75) is 0 Å². The number of amides is 3. The second-order valence-electron chi connectivity index (χ2n) is 5.35. The number of carbonyl (C=O) groups is 3. The molecule has 1 saturated heterocycles. The number of imide groups is 1. The van der Waals surface area contributed by atoms with E-state index in [-0.39, 0.29) is 11.4 Å². The zero-order valence-electron chi connectivity index (χ0n) is 13.2. The van der Waals surface area contributed by atoms with Crippen molar-refractivity contribution < 1.29 is 14.4 Å². The van der Waals surface area contributed by atoms with Crippen LogP contribution in [-0.2, 0) is 9.59 Å². The molecule has 3 amide bonds. The van der Waals surface area contributed by atoms with Gasteiger partial charge in [0.1, 0.15) is 6.54 Å². The fourth-order valence-electron chi connectivity index (χ4n) is 2.28. The van der Waals surface area contributed by atoms with E-state index in [2.05, 4.69) is 5.32 Å². The Labute approximate surface area is 164 Å². The maximum Gasteiger partial charge on any atom is 0.294 e. The maximum atomic E-state index is 12.4. The lowest BCUT2D eigenvalue weighted by molar-refractivity contribution is -0.127. The lowest BCUT2D eigenvalue weighted by Crippen LogP contribution is -2.36. The smallest absolute Gasteiger partial charge is 0.294 e. The molecule has 1 N–H and O–H groups in total. The molecule has 0 saturated carbocycles. The summed E-state index contributed by atoms with van der Waals surface area (Å²) in [5.41, 5.74) is 1.11. The fraction of sp³-hybridized carbons (Fsp3) is 0.0556. The topological polar surface area (TPSA) is 66.5 Å². The monoisotopic (exact) mass is 406 g/mol. The molecule has 1 fully saturated rings. The number of anilines is 1. The molecule has 2 aromatic carbocycles. The number of nitrogens with one attached hydrogen (secondary N) is 1. The summed E-state index contributed by atoms with van der Waals surface area (Å²) in [5, 5.41) is 3.04. The molecule has 1 aliphatic heterocycles. The number of hydrogen-bond donors (Lipinski definition) is 1. The van der Waals surface area contributed by atoms with Crippen molar-refractivity contribution in [3.8, 4) is 0 Å². The van der Waals surface area contributed by atoms with E-state index < -0.39 is 17.1 Å². The van der Waals surface area contributed by atoms with Gasteiger partial charge in [-0.15, -0.1) is 0 Å². The van der Waals surface area contributed by atoms with Gasteiger partial charge in [0.15, 0.2) is 0 Å². The number of hydrogen-bond acceptors (Lipinski definition) is 4. The van der Waals surface area contributed by atoms with Gasteiger partial charge in [-0.25, -0.2) is 0 Å². The van der Waals surface area contributed by atoms with Crippen molar-refractivity contribution >= 4 is 63.8 Å². The van der Waals surface area contributed by atoms with Gasteiger partial charge in [0.2, 0.25) is 5.91 Å². The Morgan fingerprint density at radius 2 is 1.88 bits per heavy atom. The number of carbonyl (C=O) groups excluding carboxylic acids is 3. The summed E-state index contributed by atoms with van der Waals surface area (Å²) in [6, 6.07) is 13.6. The van der Waals surface area contributed by atoms with E-state index in [1.807, 2.05) is 0 Å². The van der Waals surface area contributed by atoms with Crippen LogP contribution >= 0.6 is 35.0 Å². The van der Waals surface area contributed by atoms with E-state index in [0.717, 1.165) is 16.7 Å². The largest absolute Gasteiger partial charge is 0.324 e. The van der Waals surface area contributed by atoms with Crippen LogP contribution in [0.1, 0.15) is 5.56 Å². The third-order valence-corrected chi connectivity index (χ3v) is 4.96. The van der Waals surface area contributed by atoms with Crippen LogP contribution in [0.5, 0.6) is 0 Å². The Morgan fingerprint density at radius 3 is 2.62 bits per heavy atom. The first kappa shape index (κ1) is 18.5. The standard InChI is InChI=1S/C18H12Cl2N2O3S/c19-12-5-3-6-13(9-12)21-16(23)10-22-17(24)15(26-18(22)25)8-11-4-1-2-7-14(11)20/h1-9H,10H2,(H,21,23)/b15-8-. The van der Waals surface area contributed by atoms with Crippen LogP contribution in [0.15, 0.2) is 53.4 Å². The van der Waals surface area contributed by atoms with E-state index in [1.54, 1.807) is 54.6 Å². The third kappa shape index (κ3) is 4.27. The fourth-order valence-corrected chi connectivity index (χ4v) is 3.49. The predicted molar refractivity (Wildman–Crippen MR) is 104 cm³/mol. The molecule has 0 aliphatic carbocycles. The first-order chi connectivity index (χ1) is 12.4. The predicted octanol–water partition coefficient (Wildman–Crippen LogP) is 4.67. The minimum atomic E-state index is -0.527. The van der Waals surface area contributed by atoms with Crippen LogP contribution in [-0.4, -0.2) is 28.5 Å². The molecule has 26 heavy (non-hydrogen) atoms. The van der Waals surface area contributed by atoms with Gasteiger partial charge in [0, 0.05) is 15.7 Å². The molecule has 0 aromatic heterocycles. The highest BCUT2D eigenvalue weighted by Gasteiger charge is 2.36. The van der Waals surface area contributed by atoms with E-state index in [1.165, 1.54) is 0 Å². The van der Waals surface area contributed by atoms with Crippen molar-refractivity contribution in [2.75, 3.05) is 11.9 Å². The van der Waals surface area contributed by atoms with Gasteiger partial charge < -0.3 is 5.32 Å². The number of rotatable bonds is 4. The van der Waals surface area contributed by atoms with Crippen molar-refractivity contribution in [1.29, 1.82) is 0 Å². The van der Waals surface area contributed by atoms with Gasteiger partial charge in [-0.2, -0.15) is 0 Å². The van der Waals surface area contributed by atoms with E-state index in [0.29, 0.717) is 21.3 Å². The van der Waals surface area contributed by atoms with Crippen molar-refractivity contribution in [2.24, 2.45) is 0 Å². The van der Waals surface area contributed by atoms with Gasteiger partial charge in [-0.3, -0.25) is 19.3 Å². The molecule has 0 spiro atoms. The molecule has 132 valence electrons. The molecule has 0 bridgehead atoms. The second kappa shape index (κ2) is 7.95. The summed E-state index contributed by atoms with van der Waals surface area (Å²) < 4.78 is 0. The summed E-state index contributed by atoms with van der Waals surface area (Å²) in [4.78, 5) is 37.8. The van der Waals surface area contributed by atoms with E-state index in [4.69, 9.17) is 23.2 Å². The maximum absolute atomic E-state index is 12.4. The van der Waals surface area contributed by atoms with Crippen LogP contribution in [0.2, 0.25) is 10.0 Å². The van der Waals surface area contributed by atoms with E-state index in [9.17, 15) is 14.4 Å². The number of halogens is 2. The van der Waals surface area contributed by atoms with E-state index >= 15 is 0 Å². The second-order valence-corrected chi connectivity index (χ2v) is 7.18. The van der Waals surface area contributed by atoms with Gasteiger partial charge in [0.05, 0.1) is 4.91 Å². The molecular formula is C18H12Cl2N2O3S. The molecule has 0 atom stereocenters. The molecule has 0 radical (unpaired) electrons. The molecular weight excluding hydrogens is 395 g/mol. The number of thioether (sulfide) groups is 1. The molecule has 3 rings (SSSR count). The zero-order chi connectivity index (χ0) is 18.7. The molecule has 1 heterocycles. The minimum absolute atomic E-state index is 0.221. The van der Waals surface area contributed by atoms with Gasteiger partial charge in [-0.05, 0) is 47.7 Å². The Morgan fingerprint density at radius 1 is 1.12 bits per heavy atom. The summed E-state index contributed by atoms with van der Waals surface area (Å²) in [5.74, 6) is -1.02. The summed E-state index contributed by atoms with van der Waals surface area (Å²) in [6.45, 7) is -0.378. The zero-order valence-corrected chi connectivity index (χ0v) is 15.6. The normalized spacial score (nSPS) is 15.6. The van der Waals surface area contributed by atoms with Crippen LogP contribution in [0, 0.1) is 0 Å². The Bertz CT molecular complexity index is 930. The van der Waals surface area contributed by atoms with Crippen molar-refractivity contribution in [3.63, 3.8) is 0 Å². The van der Waals surface area contributed by atoms with Crippen molar-refractivity contribution in [3.05, 3.63) is 69.0 Å². The van der Waals surface area contributed by atoms with Crippen LogP contribution in [0.25, 0.3) is 6.08 Å². The SMILES string of the molecule is O=C(CN1C(=O)S/C(=C\c2ccccc2Cl)C1=O)Nc1cccc(Cl)c1. The quantitative estimate of drug-likeness (QED) is 0.749. The van der Waals surface area contributed by atoms with Crippen molar-refractivity contribution in [1.82, 2.24) is 4.90 Å². The molecule has 2 aromatic rings. The number of nitrogens with zero attached hydrogens (tertiary/aromatic N) is 1. The molecule has 0 unspecified atom stereocenters. The van der Waals surface area contributed by atoms with Gasteiger partial charge >= 0.3 is 0 Å². The third-order valence-electron chi connectivity index (χ3n) is 3.48. The highest BCUT2D eigenvalue weighted by atomic mass is 35.5. The first-order valence-electron chi connectivity index (χ1n) is 7.49. The lowest BCUT2D eigenvalue weighted by Gasteiger charge is -2.12. The Hall–Kier alpha value is -2.28. The highest BCUT2D eigenvalue weighted by molar-refractivity contribution is 8.18. The lowest BCUT2D eigenvalue weighted by atomic mass is 10.2. The molecule has 1 aliphatic rings. The molecule has 8 heteroatoms. The Kier molecular flexibility index (Phi) is 5.66. The average molecular weight is 407 g/mol. The molecule has 5 nitrogen and oxygen atoms in total. The minimum Gasteiger partial charge on any atom is -0.324 e. The first-order valence-corrected chi connectivity index (χ1v) is 9.06. The van der Waals surface area contributed by atoms with Gasteiger partial charge in [-0.1, -0.05) is 47.5 Å². The highest BCUT2D eigenvalue weighted by Crippen LogP contribution is 2.33. The van der Waals surface area contributed by atoms with Crippen LogP contribution in [0.3, 0.4) is 0 Å². The summed E-state index contributed by atoms with van der Waals surface area (Å²) >= 11 is 12.7. The number of benzene rings is 2. The van der Waals surface area contributed by atoms with Crippen LogP contribution < -0.4 is 5.32 Å². The Balaban J connectivity index is 1.71. The summed E-state index contributed by atoms with van der Waals surface area (Å²) in [6.07, 6.45) is 1.54. The average Bonchev–Trinajstić information content (AvgIpc) is 2.84. The van der Waals surface area contributed by atoms with Crippen LogP contribution in [0.4, 0.5) is 10.5 Å². The van der Waals surface area contributed by atoms with Gasteiger partial charge in [0.25, 0.3) is 11.1 Å².